The molecule has 0 saturated carbocycles. The molecular weight excluding hydrogens is 388 g/mol. The minimum atomic E-state index is -0.0230. The van der Waals surface area contributed by atoms with Crippen molar-refractivity contribution < 1.29 is 9.59 Å². The standard InChI is InChI=1S/C25H34N4O2/c1-3-5-15-28(4-2)23-13-11-21(12-14-23)25(31)29-18-16-27(17-19-29)20-24(30)26-22-9-7-6-8-10-22/h6-14H,3-5,15-20H2,1-2H3,(H,26,30). The van der Waals surface area contributed by atoms with Gasteiger partial charge in [0, 0.05) is 56.2 Å². The van der Waals surface area contributed by atoms with Crippen molar-refractivity contribution in [3.63, 3.8) is 0 Å². The molecule has 0 spiro atoms. The van der Waals surface area contributed by atoms with E-state index in [0.29, 0.717) is 32.7 Å². The van der Waals surface area contributed by atoms with Crippen LogP contribution in [0.3, 0.4) is 0 Å². The van der Waals surface area contributed by atoms with E-state index in [9.17, 15) is 9.59 Å². The normalized spacial score (nSPS) is 14.3. The molecular formula is C25H34N4O2. The van der Waals surface area contributed by atoms with Gasteiger partial charge in [-0.15, -0.1) is 0 Å². The predicted molar refractivity (Wildman–Crippen MR) is 127 cm³/mol. The number of amides is 2. The molecule has 0 unspecified atom stereocenters. The van der Waals surface area contributed by atoms with Crippen molar-refractivity contribution in [2.45, 2.75) is 26.7 Å². The van der Waals surface area contributed by atoms with Crippen LogP contribution in [0, 0.1) is 0 Å². The lowest BCUT2D eigenvalue weighted by Gasteiger charge is -2.34. The Balaban J connectivity index is 1.48. The van der Waals surface area contributed by atoms with E-state index >= 15 is 0 Å². The van der Waals surface area contributed by atoms with E-state index in [1.54, 1.807) is 0 Å². The van der Waals surface area contributed by atoms with Gasteiger partial charge < -0.3 is 15.1 Å². The van der Waals surface area contributed by atoms with E-state index < -0.39 is 0 Å². The highest BCUT2D eigenvalue weighted by Crippen LogP contribution is 2.18. The molecule has 0 aromatic heterocycles. The molecule has 6 nitrogen and oxygen atoms in total. The van der Waals surface area contributed by atoms with Gasteiger partial charge >= 0.3 is 0 Å². The van der Waals surface area contributed by atoms with Gasteiger partial charge in [0.2, 0.25) is 5.91 Å². The quantitative estimate of drug-likeness (QED) is 0.669. The first kappa shape index (κ1) is 22.8. The summed E-state index contributed by atoms with van der Waals surface area (Å²) in [6, 6.07) is 17.5. The second-order valence-electron chi connectivity index (χ2n) is 7.96. The number of anilines is 2. The number of rotatable bonds is 9. The molecule has 0 aliphatic carbocycles. The molecule has 0 bridgehead atoms. The first-order valence-corrected chi connectivity index (χ1v) is 11.3. The van der Waals surface area contributed by atoms with E-state index in [4.69, 9.17) is 0 Å². The van der Waals surface area contributed by atoms with Crippen LogP contribution in [0.15, 0.2) is 54.6 Å². The Morgan fingerprint density at radius 3 is 2.23 bits per heavy atom. The van der Waals surface area contributed by atoms with Crippen LogP contribution in [0.25, 0.3) is 0 Å². The fourth-order valence-corrected chi connectivity index (χ4v) is 3.85. The third-order valence-electron chi connectivity index (χ3n) is 5.73. The Hall–Kier alpha value is -2.86. The molecule has 2 amide bonds. The average molecular weight is 423 g/mol. The smallest absolute Gasteiger partial charge is 0.253 e. The van der Waals surface area contributed by atoms with Gasteiger partial charge in [-0.1, -0.05) is 31.5 Å². The molecule has 0 radical (unpaired) electrons. The number of nitrogens with one attached hydrogen (secondary N) is 1. The third-order valence-corrected chi connectivity index (χ3v) is 5.73. The van der Waals surface area contributed by atoms with Crippen molar-refractivity contribution in [3.8, 4) is 0 Å². The molecule has 2 aromatic carbocycles. The van der Waals surface area contributed by atoms with Crippen molar-refractivity contribution >= 4 is 23.2 Å². The van der Waals surface area contributed by atoms with Gasteiger partial charge in [0.05, 0.1) is 6.54 Å². The Morgan fingerprint density at radius 2 is 1.61 bits per heavy atom. The molecule has 1 N–H and O–H groups in total. The summed E-state index contributed by atoms with van der Waals surface area (Å²) in [7, 11) is 0. The molecule has 166 valence electrons. The predicted octanol–water partition coefficient (Wildman–Crippen LogP) is 3.71. The van der Waals surface area contributed by atoms with Crippen molar-refractivity contribution in [2.24, 2.45) is 0 Å². The largest absolute Gasteiger partial charge is 0.372 e. The number of carbonyl (C=O) groups excluding carboxylic acids is 2. The van der Waals surface area contributed by atoms with E-state index in [2.05, 4.69) is 41.1 Å². The van der Waals surface area contributed by atoms with Gasteiger partial charge in [-0.05, 0) is 49.7 Å². The maximum absolute atomic E-state index is 12.9. The Bertz CT molecular complexity index is 830. The molecule has 0 atom stereocenters. The highest BCUT2D eigenvalue weighted by Gasteiger charge is 2.23. The molecule has 2 aromatic rings. The minimum Gasteiger partial charge on any atom is -0.372 e. The fraction of sp³-hybridized carbons (Fsp3) is 0.440. The number of nitrogens with zero attached hydrogens (tertiary/aromatic N) is 3. The molecule has 1 heterocycles. The minimum absolute atomic E-state index is 0.0230. The SMILES string of the molecule is CCCCN(CC)c1ccc(C(=O)N2CCN(CC(=O)Nc3ccccc3)CC2)cc1. The number of benzene rings is 2. The molecule has 1 saturated heterocycles. The Labute approximate surface area is 185 Å². The van der Waals surface area contributed by atoms with Crippen LogP contribution in [0.2, 0.25) is 0 Å². The summed E-state index contributed by atoms with van der Waals surface area (Å²) in [5.41, 5.74) is 2.70. The summed E-state index contributed by atoms with van der Waals surface area (Å²) in [6.07, 6.45) is 2.34. The van der Waals surface area contributed by atoms with Crippen molar-refractivity contribution in [1.82, 2.24) is 9.80 Å². The fourth-order valence-electron chi connectivity index (χ4n) is 3.85. The number of para-hydroxylation sites is 1. The van der Waals surface area contributed by atoms with Crippen LogP contribution in [0.4, 0.5) is 11.4 Å². The summed E-state index contributed by atoms with van der Waals surface area (Å²) in [6.45, 7) is 9.38. The first-order valence-electron chi connectivity index (χ1n) is 11.3. The van der Waals surface area contributed by atoms with Crippen molar-refractivity contribution in [2.75, 3.05) is 56.0 Å². The number of hydrogen-bond acceptors (Lipinski definition) is 4. The van der Waals surface area contributed by atoms with E-state index in [1.807, 2.05) is 47.4 Å². The van der Waals surface area contributed by atoms with Gasteiger partial charge in [-0.3, -0.25) is 14.5 Å². The summed E-state index contributed by atoms with van der Waals surface area (Å²) < 4.78 is 0. The number of hydrogen-bond donors (Lipinski definition) is 1. The van der Waals surface area contributed by atoms with Gasteiger partial charge in [0.25, 0.3) is 5.91 Å². The van der Waals surface area contributed by atoms with Gasteiger partial charge in [0.1, 0.15) is 0 Å². The average Bonchev–Trinajstić information content (AvgIpc) is 2.80. The topological polar surface area (TPSA) is 55.9 Å². The van der Waals surface area contributed by atoms with E-state index in [-0.39, 0.29) is 11.8 Å². The maximum atomic E-state index is 12.9. The zero-order chi connectivity index (χ0) is 22.1. The molecule has 3 rings (SSSR count). The van der Waals surface area contributed by atoms with E-state index in [1.165, 1.54) is 18.5 Å². The van der Waals surface area contributed by atoms with Crippen LogP contribution in [0.5, 0.6) is 0 Å². The van der Waals surface area contributed by atoms with Crippen LogP contribution in [-0.4, -0.2) is 67.4 Å². The lowest BCUT2D eigenvalue weighted by atomic mass is 10.1. The summed E-state index contributed by atoms with van der Waals surface area (Å²) in [5, 5.41) is 2.92. The van der Waals surface area contributed by atoms with Crippen LogP contribution < -0.4 is 10.2 Å². The molecule has 31 heavy (non-hydrogen) atoms. The molecule has 6 heteroatoms. The zero-order valence-electron chi connectivity index (χ0n) is 18.7. The maximum Gasteiger partial charge on any atom is 0.253 e. The number of unbranched alkanes of at least 4 members (excludes halogenated alkanes) is 1. The highest BCUT2D eigenvalue weighted by atomic mass is 16.2. The second-order valence-corrected chi connectivity index (χ2v) is 7.96. The molecule has 1 aliphatic rings. The number of carbonyl (C=O) groups is 2. The van der Waals surface area contributed by atoms with Gasteiger partial charge in [-0.25, -0.2) is 0 Å². The highest BCUT2D eigenvalue weighted by molar-refractivity contribution is 5.95. The monoisotopic (exact) mass is 422 g/mol. The van der Waals surface area contributed by atoms with E-state index in [0.717, 1.165) is 24.3 Å². The van der Waals surface area contributed by atoms with Crippen molar-refractivity contribution in [1.29, 1.82) is 0 Å². The van der Waals surface area contributed by atoms with Crippen LogP contribution in [-0.2, 0) is 4.79 Å². The lowest BCUT2D eigenvalue weighted by Crippen LogP contribution is -2.50. The van der Waals surface area contributed by atoms with Crippen LogP contribution >= 0.6 is 0 Å². The zero-order valence-corrected chi connectivity index (χ0v) is 18.7. The third kappa shape index (κ3) is 6.56. The lowest BCUT2D eigenvalue weighted by molar-refractivity contribution is -0.117. The van der Waals surface area contributed by atoms with Gasteiger partial charge in [0.15, 0.2) is 0 Å². The summed E-state index contributed by atoms with van der Waals surface area (Å²) >= 11 is 0. The summed E-state index contributed by atoms with van der Waals surface area (Å²) in [4.78, 5) is 31.5. The Kier molecular flexibility index (Phi) is 8.47. The van der Waals surface area contributed by atoms with Gasteiger partial charge in [-0.2, -0.15) is 0 Å². The summed E-state index contributed by atoms with van der Waals surface area (Å²) in [5.74, 6) is 0.0432. The molecule has 1 fully saturated rings. The Morgan fingerprint density at radius 1 is 0.935 bits per heavy atom. The first-order chi connectivity index (χ1) is 15.1. The molecule has 1 aliphatic heterocycles. The van der Waals surface area contributed by atoms with Crippen molar-refractivity contribution in [3.05, 3.63) is 60.2 Å². The second kappa shape index (κ2) is 11.5. The van der Waals surface area contributed by atoms with Crippen LogP contribution in [0.1, 0.15) is 37.0 Å². The number of piperazine rings is 1.